The van der Waals surface area contributed by atoms with Crippen molar-refractivity contribution in [3.63, 3.8) is 0 Å². The van der Waals surface area contributed by atoms with Crippen LogP contribution in [0.25, 0.3) is 11.3 Å². The lowest BCUT2D eigenvalue weighted by Crippen LogP contribution is -2.56. The molecule has 5 aliphatic rings. The smallest absolute Gasteiger partial charge is 0.409 e. The molecule has 11 nitrogen and oxygen atoms in total. The Morgan fingerprint density at radius 3 is 2.40 bits per heavy atom. The van der Waals surface area contributed by atoms with Crippen molar-refractivity contribution in [1.82, 2.24) is 14.9 Å². The number of fused-ring (bicyclic) bond motifs is 3. The zero-order valence-electron chi connectivity index (χ0n) is 30.9. The van der Waals surface area contributed by atoms with Crippen molar-refractivity contribution in [2.45, 2.75) is 101 Å². The van der Waals surface area contributed by atoms with Crippen molar-refractivity contribution < 1.29 is 31.9 Å². The molecule has 8 rings (SSSR count). The molecule has 1 unspecified atom stereocenters. The lowest BCUT2D eigenvalue weighted by Gasteiger charge is -2.55. The minimum Gasteiger partial charge on any atom is -0.496 e. The lowest BCUT2D eigenvalue weighted by atomic mass is 9.51. The Kier molecular flexibility index (Phi) is 10.1. The average molecular weight is 733 g/mol. The van der Waals surface area contributed by atoms with Gasteiger partial charge in [-0.3, -0.25) is 9.69 Å². The maximum atomic E-state index is 14.4. The van der Waals surface area contributed by atoms with Crippen LogP contribution in [-0.4, -0.2) is 80.1 Å². The Balaban J connectivity index is 1.05. The Labute approximate surface area is 307 Å². The summed E-state index contributed by atoms with van der Waals surface area (Å²) < 4.78 is 40.2. The molecule has 280 valence electrons. The number of benzene rings is 1. The van der Waals surface area contributed by atoms with Gasteiger partial charge in [-0.2, -0.15) is 0 Å². The number of ether oxygens (including phenoxy) is 2. The zero-order chi connectivity index (χ0) is 36.7. The van der Waals surface area contributed by atoms with Crippen molar-refractivity contribution in [2.24, 2.45) is 11.3 Å². The first kappa shape index (κ1) is 36.4. The second-order valence-corrected chi connectivity index (χ2v) is 18.4. The van der Waals surface area contributed by atoms with E-state index in [2.05, 4.69) is 25.1 Å². The molecule has 0 radical (unpaired) electrons. The van der Waals surface area contributed by atoms with Crippen LogP contribution in [0.2, 0.25) is 0 Å². The SMILES string of the molecule is COc1ccc(C23CCC(CN(C(=O)C4CCCCC4)c4cc(-c5coc(C(C)COC(=O)N6CC(S(C)(=O)=O)C6)n5)ccn4)(CC2)CC3)cc1C. The fourth-order valence-electron chi connectivity index (χ4n) is 8.91. The third-order valence-corrected chi connectivity index (χ3v) is 14.1. The summed E-state index contributed by atoms with van der Waals surface area (Å²) in [6.45, 7) is 4.99. The summed E-state index contributed by atoms with van der Waals surface area (Å²) in [6.07, 6.45) is 15.8. The van der Waals surface area contributed by atoms with Crippen molar-refractivity contribution in [2.75, 3.05) is 44.5 Å². The van der Waals surface area contributed by atoms with Gasteiger partial charge in [-0.05, 0) is 98.4 Å². The highest BCUT2D eigenvalue weighted by atomic mass is 32.2. The van der Waals surface area contributed by atoms with Crippen LogP contribution >= 0.6 is 0 Å². The van der Waals surface area contributed by atoms with Gasteiger partial charge in [0.1, 0.15) is 30.1 Å². The lowest BCUT2D eigenvalue weighted by molar-refractivity contribution is -0.124. The second-order valence-electron chi connectivity index (χ2n) is 16.0. The maximum Gasteiger partial charge on any atom is 0.409 e. The highest BCUT2D eigenvalue weighted by molar-refractivity contribution is 7.91. The molecule has 2 amide bonds. The van der Waals surface area contributed by atoms with E-state index in [9.17, 15) is 18.0 Å². The third-order valence-electron chi connectivity index (χ3n) is 12.6. The fourth-order valence-corrected chi connectivity index (χ4v) is 9.81. The molecule has 4 aliphatic carbocycles. The number of aromatic nitrogens is 2. The monoisotopic (exact) mass is 732 g/mol. The number of likely N-dealkylation sites (tertiary alicyclic amines) is 1. The van der Waals surface area contributed by atoms with Gasteiger partial charge >= 0.3 is 6.09 Å². The maximum absolute atomic E-state index is 14.4. The molecule has 5 fully saturated rings. The minimum absolute atomic E-state index is 0.0138. The van der Waals surface area contributed by atoms with Crippen molar-refractivity contribution >= 4 is 27.7 Å². The largest absolute Gasteiger partial charge is 0.496 e. The number of anilines is 1. The Hall–Kier alpha value is -3.93. The first-order valence-electron chi connectivity index (χ1n) is 18.9. The van der Waals surface area contributed by atoms with E-state index in [1.807, 2.05) is 24.0 Å². The number of pyridine rings is 1. The number of rotatable bonds is 11. The summed E-state index contributed by atoms with van der Waals surface area (Å²) in [5.41, 5.74) is 4.26. The second kappa shape index (κ2) is 14.5. The fraction of sp³-hybridized carbons (Fsp3) is 0.600. The van der Waals surface area contributed by atoms with Crippen LogP contribution in [0, 0.1) is 18.3 Å². The summed E-state index contributed by atoms with van der Waals surface area (Å²) in [6, 6.07) is 10.5. The van der Waals surface area contributed by atoms with E-state index in [0.29, 0.717) is 23.9 Å². The van der Waals surface area contributed by atoms with E-state index in [-0.39, 0.29) is 48.3 Å². The van der Waals surface area contributed by atoms with Crippen LogP contribution in [0.3, 0.4) is 0 Å². The first-order valence-corrected chi connectivity index (χ1v) is 20.8. The number of sulfone groups is 1. The average Bonchev–Trinajstić information content (AvgIpc) is 3.63. The Morgan fingerprint density at radius 1 is 1.04 bits per heavy atom. The predicted molar refractivity (Wildman–Crippen MR) is 198 cm³/mol. The number of hydrogen-bond donors (Lipinski definition) is 0. The number of amides is 2. The van der Waals surface area contributed by atoms with Gasteiger partial charge in [-0.15, -0.1) is 0 Å². The van der Waals surface area contributed by atoms with E-state index >= 15 is 0 Å². The molecule has 3 heterocycles. The highest BCUT2D eigenvalue weighted by Gasteiger charge is 2.51. The summed E-state index contributed by atoms with van der Waals surface area (Å²) >= 11 is 0. The van der Waals surface area contributed by atoms with Crippen LogP contribution in [0.15, 0.2) is 47.2 Å². The van der Waals surface area contributed by atoms with Crippen molar-refractivity contribution in [3.05, 3.63) is 59.8 Å². The normalized spacial score (nSPS) is 24.3. The van der Waals surface area contributed by atoms with E-state index in [0.717, 1.165) is 75.5 Å². The summed E-state index contributed by atoms with van der Waals surface area (Å²) in [5, 5.41) is -0.537. The quantitative estimate of drug-likeness (QED) is 0.200. The van der Waals surface area contributed by atoms with Crippen LogP contribution in [0.5, 0.6) is 5.75 Å². The van der Waals surface area contributed by atoms with Gasteiger partial charge < -0.3 is 18.8 Å². The number of oxazole rings is 1. The van der Waals surface area contributed by atoms with Gasteiger partial charge in [0, 0.05) is 43.6 Å². The number of methoxy groups -OCH3 is 1. The molecule has 0 N–H and O–H groups in total. The van der Waals surface area contributed by atoms with E-state index in [4.69, 9.17) is 23.9 Å². The topological polar surface area (TPSA) is 132 Å². The summed E-state index contributed by atoms with van der Waals surface area (Å²) in [4.78, 5) is 39.8. The predicted octanol–water partition coefficient (Wildman–Crippen LogP) is 7.23. The van der Waals surface area contributed by atoms with Gasteiger partial charge in [-0.1, -0.05) is 38.3 Å². The molecule has 1 atom stereocenters. The van der Waals surface area contributed by atoms with E-state index in [1.54, 1.807) is 19.6 Å². The standard InChI is InChI=1S/C40H52N4O7S/c1-27-20-31(10-11-34(27)49-3)40-16-13-39(14-17-40,15-18-40)26-44(37(45)29-8-6-5-7-9-29)35-21-30(12-19-41-35)33-25-50-36(42-33)28(2)24-51-38(46)43-22-32(23-43)52(4,47)48/h10-12,19-21,25,28-29,32H,5-9,13-18,22-24,26H2,1-4H3. The molecule has 2 bridgehead atoms. The summed E-state index contributed by atoms with van der Waals surface area (Å²) in [5.74, 6) is 1.89. The van der Waals surface area contributed by atoms with E-state index < -0.39 is 21.2 Å². The first-order chi connectivity index (χ1) is 24.9. The minimum atomic E-state index is -3.18. The molecule has 4 saturated carbocycles. The number of carbonyl (C=O) groups excluding carboxylic acids is 2. The Morgan fingerprint density at radius 2 is 1.75 bits per heavy atom. The number of aryl methyl sites for hydroxylation is 1. The van der Waals surface area contributed by atoms with Gasteiger partial charge in [0.2, 0.25) is 11.8 Å². The molecule has 1 aliphatic heterocycles. The molecule has 12 heteroatoms. The highest BCUT2D eigenvalue weighted by Crippen LogP contribution is 2.58. The van der Waals surface area contributed by atoms with Gasteiger partial charge in [-0.25, -0.2) is 23.2 Å². The molecule has 2 aromatic heterocycles. The third kappa shape index (κ3) is 7.32. The Bertz CT molecular complexity index is 1870. The van der Waals surface area contributed by atoms with E-state index in [1.165, 1.54) is 28.7 Å². The molecular formula is C40H52N4O7S. The number of hydrogen-bond acceptors (Lipinski definition) is 9. The van der Waals surface area contributed by atoms with Crippen LogP contribution in [0.1, 0.15) is 100 Å². The number of nitrogens with zero attached hydrogens (tertiary/aromatic N) is 4. The molecule has 3 aromatic rings. The zero-order valence-corrected chi connectivity index (χ0v) is 31.8. The van der Waals surface area contributed by atoms with Crippen LogP contribution < -0.4 is 9.64 Å². The van der Waals surface area contributed by atoms with Gasteiger partial charge in [0.15, 0.2) is 9.84 Å². The number of carbonyl (C=O) groups is 2. The molecule has 1 aromatic carbocycles. The molecule has 0 spiro atoms. The molecule has 52 heavy (non-hydrogen) atoms. The van der Waals surface area contributed by atoms with Gasteiger partial charge in [0.25, 0.3) is 0 Å². The van der Waals surface area contributed by atoms with Gasteiger partial charge in [0.05, 0.1) is 18.3 Å². The van der Waals surface area contributed by atoms with Crippen LogP contribution in [-0.2, 0) is 24.8 Å². The summed E-state index contributed by atoms with van der Waals surface area (Å²) in [7, 11) is -1.45. The van der Waals surface area contributed by atoms with Crippen molar-refractivity contribution in [1.29, 1.82) is 0 Å². The van der Waals surface area contributed by atoms with Crippen LogP contribution in [0.4, 0.5) is 10.6 Å². The molecular weight excluding hydrogens is 681 g/mol. The molecule has 1 saturated heterocycles. The van der Waals surface area contributed by atoms with Crippen molar-refractivity contribution in [3.8, 4) is 17.0 Å².